The molecule has 6 nitrogen and oxygen atoms in total. The summed E-state index contributed by atoms with van der Waals surface area (Å²) < 4.78 is 0. The lowest BCUT2D eigenvalue weighted by molar-refractivity contribution is 0.102. The minimum Gasteiger partial charge on any atom is -0.323 e. The number of nitrogens with two attached hydrogens (primary N) is 1. The smallest absolute Gasteiger partial charge is 0.255 e. The van der Waals surface area contributed by atoms with Crippen LogP contribution in [0.2, 0.25) is 0 Å². The molecule has 1 amide bonds. The van der Waals surface area contributed by atoms with Crippen molar-refractivity contribution in [2.45, 2.75) is 0 Å². The summed E-state index contributed by atoms with van der Waals surface area (Å²) in [4.78, 5) is 12.5. The Bertz CT molecular complexity index is 1110. The Hall–Kier alpha value is -3.67. The Morgan fingerprint density at radius 3 is 2.72 bits per heavy atom. The minimum absolute atomic E-state index is 0.159. The predicted molar refractivity (Wildman–Crippen MR) is 99.8 cm³/mol. The zero-order chi connectivity index (χ0) is 17.2. The maximum atomic E-state index is 12.5. The van der Waals surface area contributed by atoms with Crippen LogP contribution in [0.3, 0.4) is 0 Å². The largest absolute Gasteiger partial charge is 0.323 e. The van der Waals surface area contributed by atoms with E-state index in [2.05, 4.69) is 20.6 Å². The Morgan fingerprint density at radius 2 is 1.84 bits per heavy atom. The van der Waals surface area contributed by atoms with Crippen molar-refractivity contribution in [1.82, 2.24) is 10.2 Å². The molecule has 4 rings (SSSR count). The van der Waals surface area contributed by atoms with Crippen molar-refractivity contribution in [1.29, 1.82) is 0 Å². The highest BCUT2D eigenvalue weighted by atomic mass is 16.1. The second kappa shape index (κ2) is 6.09. The fourth-order valence-electron chi connectivity index (χ4n) is 2.79. The number of nitrogens with zero attached hydrogens (tertiary/aromatic N) is 2. The van der Waals surface area contributed by atoms with Gasteiger partial charge in [0.15, 0.2) is 0 Å². The van der Waals surface area contributed by atoms with Gasteiger partial charge in [-0.15, -0.1) is 0 Å². The molecule has 1 aromatic heterocycles. The van der Waals surface area contributed by atoms with Crippen molar-refractivity contribution < 1.29 is 4.79 Å². The van der Waals surface area contributed by atoms with Crippen LogP contribution in [0.4, 0.5) is 5.69 Å². The second-order valence-corrected chi connectivity index (χ2v) is 5.73. The van der Waals surface area contributed by atoms with E-state index in [0.717, 1.165) is 32.9 Å². The van der Waals surface area contributed by atoms with E-state index in [4.69, 9.17) is 5.84 Å². The summed E-state index contributed by atoms with van der Waals surface area (Å²) >= 11 is 0. The van der Waals surface area contributed by atoms with Gasteiger partial charge in [-0.25, -0.2) is 0 Å². The van der Waals surface area contributed by atoms with Gasteiger partial charge in [-0.2, -0.15) is 10.2 Å². The van der Waals surface area contributed by atoms with Crippen molar-refractivity contribution in [3.8, 4) is 0 Å². The van der Waals surface area contributed by atoms with Crippen LogP contribution in [-0.4, -0.2) is 22.3 Å². The van der Waals surface area contributed by atoms with Crippen LogP contribution in [-0.2, 0) is 0 Å². The number of hydrogen-bond acceptors (Lipinski definition) is 4. The molecule has 0 fully saturated rings. The molecule has 0 unspecified atom stereocenters. The lowest BCUT2D eigenvalue weighted by Crippen LogP contribution is -2.11. The van der Waals surface area contributed by atoms with Crippen molar-refractivity contribution in [3.63, 3.8) is 0 Å². The van der Waals surface area contributed by atoms with Crippen LogP contribution >= 0.6 is 0 Å². The summed E-state index contributed by atoms with van der Waals surface area (Å²) in [6, 6.07) is 17.0. The molecule has 6 heteroatoms. The zero-order valence-corrected chi connectivity index (χ0v) is 13.2. The highest BCUT2D eigenvalue weighted by Gasteiger charge is 2.08. The lowest BCUT2D eigenvalue weighted by atomic mass is 10.0. The fourth-order valence-corrected chi connectivity index (χ4v) is 2.79. The molecule has 3 aromatic carbocycles. The average molecular weight is 329 g/mol. The molecule has 0 saturated heterocycles. The molecule has 122 valence electrons. The van der Waals surface area contributed by atoms with E-state index in [0.29, 0.717) is 5.56 Å². The molecular weight excluding hydrogens is 314 g/mol. The average Bonchev–Trinajstić information content (AvgIpc) is 3.09. The first kappa shape index (κ1) is 14.9. The molecule has 0 aliphatic rings. The molecule has 0 aliphatic carbocycles. The second-order valence-electron chi connectivity index (χ2n) is 5.73. The van der Waals surface area contributed by atoms with Crippen molar-refractivity contribution in [2.24, 2.45) is 10.9 Å². The summed E-state index contributed by atoms with van der Waals surface area (Å²) in [6.07, 6.45) is 3.33. The third-order valence-corrected chi connectivity index (χ3v) is 4.05. The first-order valence-electron chi connectivity index (χ1n) is 7.74. The van der Waals surface area contributed by atoms with Gasteiger partial charge in [-0.05, 0) is 52.7 Å². The first-order valence-corrected chi connectivity index (χ1v) is 7.74. The van der Waals surface area contributed by atoms with Gasteiger partial charge >= 0.3 is 0 Å². The third-order valence-electron chi connectivity index (χ3n) is 4.05. The Labute approximate surface area is 143 Å². The van der Waals surface area contributed by atoms with Gasteiger partial charge in [-0.1, -0.05) is 18.2 Å². The number of fused-ring (bicyclic) bond motifs is 2. The first-order chi connectivity index (χ1) is 12.2. The van der Waals surface area contributed by atoms with E-state index in [1.807, 2.05) is 48.5 Å². The number of carbonyl (C=O) groups excluding carboxylic acids is 1. The van der Waals surface area contributed by atoms with Gasteiger partial charge < -0.3 is 11.2 Å². The summed E-state index contributed by atoms with van der Waals surface area (Å²) in [6.45, 7) is 0. The summed E-state index contributed by atoms with van der Waals surface area (Å²) in [5, 5.41) is 16.3. The van der Waals surface area contributed by atoms with Crippen LogP contribution in [0.5, 0.6) is 0 Å². The van der Waals surface area contributed by atoms with Crippen molar-refractivity contribution in [3.05, 3.63) is 71.9 Å². The van der Waals surface area contributed by atoms with Gasteiger partial charge in [0, 0.05) is 16.6 Å². The maximum Gasteiger partial charge on any atom is 0.255 e. The summed E-state index contributed by atoms with van der Waals surface area (Å²) in [5.41, 5.74) is 3.11. The number of benzene rings is 3. The Balaban J connectivity index is 1.61. The van der Waals surface area contributed by atoms with Crippen molar-refractivity contribution in [2.75, 3.05) is 5.32 Å². The normalized spacial score (nSPS) is 11.4. The van der Waals surface area contributed by atoms with E-state index >= 15 is 0 Å². The highest BCUT2D eigenvalue weighted by molar-refractivity contribution is 6.07. The number of nitrogens with one attached hydrogen (secondary N) is 2. The van der Waals surface area contributed by atoms with E-state index in [1.165, 1.54) is 0 Å². The molecule has 1 heterocycles. The van der Waals surface area contributed by atoms with Gasteiger partial charge in [0.05, 0.1) is 17.9 Å². The number of amides is 1. The monoisotopic (exact) mass is 329 g/mol. The zero-order valence-electron chi connectivity index (χ0n) is 13.2. The molecule has 25 heavy (non-hydrogen) atoms. The fraction of sp³-hybridized carbons (Fsp3) is 0. The number of aromatic nitrogens is 2. The van der Waals surface area contributed by atoms with Crippen LogP contribution in [0.25, 0.3) is 21.7 Å². The molecule has 0 radical (unpaired) electrons. The van der Waals surface area contributed by atoms with Crippen molar-refractivity contribution >= 4 is 39.5 Å². The molecule has 0 saturated carbocycles. The van der Waals surface area contributed by atoms with Gasteiger partial charge in [-0.3, -0.25) is 9.89 Å². The molecule has 4 aromatic rings. The SMILES string of the molecule is NN=Cc1ccc2cc(C(=O)Nc3ccc4cn[nH]c4c3)ccc2c1. The molecule has 0 atom stereocenters. The molecule has 0 aliphatic heterocycles. The highest BCUT2D eigenvalue weighted by Crippen LogP contribution is 2.20. The Kier molecular flexibility index (Phi) is 3.63. The van der Waals surface area contributed by atoms with Gasteiger partial charge in [0.25, 0.3) is 5.91 Å². The number of hydrogen-bond donors (Lipinski definition) is 3. The number of H-pyrrole nitrogens is 1. The Morgan fingerprint density at radius 1 is 1.04 bits per heavy atom. The minimum atomic E-state index is -0.159. The lowest BCUT2D eigenvalue weighted by Gasteiger charge is -2.07. The van der Waals surface area contributed by atoms with Crippen LogP contribution in [0, 0.1) is 0 Å². The number of hydrazone groups is 1. The van der Waals surface area contributed by atoms with Crippen LogP contribution < -0.4 is 11.2 Å². The topological polar surface area (TPSA) is 96.2 Å². The standard InChI is InChI=1S/C19H15N5O/c20-21-10-12-1-2-14-8-15(4-3-13(14)7-12)19(25)23-17-6-5-16-11-22-24-18(16)9-17/h1-11H,20H2,(H,22,24)(H,23,25). The third kappa shape index (κ3) is 2.92. The van der Waals surface area contributed by atoms with Gasteiger partial charge in [0.1, 0.15) is 0 Å². The summed E-state index contributed by atoms with van der Waals surface area (Å²) in [5.74, 6) is 5.02. The number of anilines is 1. The number of rotatable bonds is 3. The number of carbonyl (C=O) groups is 1. The maximum absolute atomic E-state index is 12.5. The summed E-state index contributed by atoms with van der Waals surface area (Å²) in [7, 11) is 0. The molecule has 4 N–H and O–H groups in total. The van der Waals surface area contributed by atoms with Gasteiger partial charge in [0.2, 0.25) is 0 Å². The predicted octanol–water partition coefficient (Wildman–Crippen LogP) is 3.26. The van der Waals surface area contributed by atoms with E-state index in [9.17, 15) is 4.79 Å². The van der Waals surface area contributed by atoms with E-state index in [-0.39, 0.29) is 5.91 Å². The quantitative estimate of drug-likeness (QED) is 0.306. The molecular formula is C19H15N5O. The number of aromatic amines is 1. The molecule has 0 spiro atoms. The van der Waals surface area contributed by atoms with Crippen LogP contribution in [0.15, 0.2) is 65.9 Å². The van der Waals surface area contributed by atoms with E-state index < -0.39 is 0 Å². The van der Waals surface area contributed by atoms with E-state index in [1.54, 1.807) is 18.5 Å². The van der Waals surface area contributed by atoms with Crippen LogP contribution in [0.1, 0.15) is 15.9 Å². The molecule has 0 bridgehead atoms.